The standard InChI is InChI=1S/C14H6/c1-3-5-7-9-11-13-14-12-10-8-6-4-2/h1-2H3. The van der Waals surface area contributed by atoms with Gasteiger partial charge in [-0.05, 0) is 73.1 Å². The van der Waals surface area contributed by atoms with Crippen LogP contribution in [0.5, 0.6) is 0 Å². The summed E-state index contributed by atoms with van der Waals surface area (Å²) in [6, 6.07) is 0. The first-order valence-corrected chi connectivity index (χ1v) is 3.75. The molecular weight excluding hydrogens is 168 g/mol. The summed E-state index contributed by atoms with van der Waals surface area (Å²) in [6.45, 7) is 3.43. The Labute approximate surface area is 85.5 Å². The molecule has 0 aromatic heterocycles. The second-order valence-electron chi connectivity index (χ2n) is 1.75. The van der Waals surface area contributed by atoms with E-state index in [1.807, 2.05) is 0 Å². The topological polar surface area (TPSA) is 0 Å². The van der Waals surface area contributed by atoms with Crippen molar-refractivity contribution in [3.8, 4) is 71.0 Å². The van der Waals surface area contributed by atoms with Crippen molar-refractivity contribution in [2.45, 2.75) is 13.8 Å². The van der Waals surface area contributed by atoms with Gasteiger partial charge in [0.25, 0.3) is 0 Å². The van der Waals surface area contributed by atoms with Crippen LogP contribution in [-0.2, 0) is 0 Å². The van der Waals surface area contributed by atoms with Crippen molar-refractivity contribution in [2.24, 2.45) is 0 Å². The monoisotopic (exact) mass is 174 g/mol. The van der Waals surface area contributed by atoms with Crippen LogP contribution in [0.15, 0.2) is 0 Å². The third kappa shape index (κ3) is 9.36. The molecule has 0 saturated carbocycles. The smallest absolute Gasteiger partial charge is 0.00000000396 e. The summed E-state index contributed by atoms with van der Waals surface area (Å²) >= 11 is 0. The first-order valence-electron chi connectivity index (χ1n) is 3.75. The fourth-order valence-electron chi connectivity index (χ4n) is 0.375. The molecule has 0 rings (SSSR count). The maximum absolute atomic E-state index is 2.63. The van der Waals surface area contributed by atoms with Crippen molar-refractivity contribution in [2.75, 3.05) is 0 Å². The van der Waals surface area contributed by atoms with Crippen molar-refractivity contribution in [3.05, 3.63) is 0 Å². The summed E-state index contributed by atoms with van der Waals surface area (Å²) in [5.74, 6) is 30.6. The van der Waals surface area contributed by atoms with Crippen LogP contribution in [0.25, 0.3) is 0 Å². The van der Waals surface area contributed by atoms with Gasteiger partial charge in [-0.25, -0.2) is 0 Å². The molecule has 62 valence electrons. The van der Waals surface area contributed by atoms with Gasteiger partial charge < -0.3 is 0 Å². The minimum atomic E-state index is 1.71. The summed E-state index contributed by atoms with van der Waals surface area (Å²) < 4.78 is 0. The van der Waals surface area contributed by atoms with Gasteiger partial charge >= 0.3 is 0 Å². The van der Waals surface area contributed by atoms with Crippen LogP contribution in [-0.4, -0.2) is 0 Å². The zero-order valence-electron chi connectivity index (χ0n) is 8.00. The van der Waals surface area contributed by atoms with Gasteiger partial charge in [0.2, 0.25) is 0 Å². The van der Waals surface area contributed by atoms with Crippen molar-refractivity contribution in [3.63, 3.8) is 0 Å². The molecule has 0 atom stereocenters. The van der Waals surface area contributed by atoms with Crippen molar-refractivity contribution < 1.29 is 0 Å². The van der Waals surface area contributed by atoms with E-state index in [1.165, 1.54) is 0 Å². The first-order chi connectivity index (χ1) is 6.91. The van der Waals surface area contributed by atoms with Crippen LogP contribution < -0.4 is 0 Å². The minimum absolute atomic E-state index is 1.71. The summed E-state index contributed by atoms with van der Waals surface area (Å²) in [7, 11) is 0. The molecule has 14 heavy (non-hydrogen) atoms. The number of hydrogen-bond acceptors (Lipinski definition) is 0. The van der Waals surface area contributed by atoms with Gasteiger partial charge in [-0.3, -0.25) is 0 Å². The highest BCUT2D eigenvalue weighted by molar-refractivity contribution is 5.43. The SMILES string of the molecule is CC#CC#CC#CC#CC#CC#CC. The zero-order valence-corrected chi connectivity index (χ0v) is 8.00. The quantitative estimate of drug-likeness (QED) is 0.481. The van der Waals surface area contributed by atoms with Gasteiger partial charge in [0.05, 0.1) is 0 Å². The normalized spacial score (nSPS) is 3.86. The lowest BCUT2D eigenvalue weighted by molar-refractivity contribution is 1.92. The van der Waals surface area contributed by atoms with Gasteiger partial charge in [-0.1, -0.05) is 11.8 Å². The average molecular weight is 174 g/mol. The summed E-state index contributed by atoms with van der Waals surface area (Å²) in [5, 5.41) is 0. The van der Waals surface area contributed by atoms with Crippen LogP contribution in [0.3, 0.4) is 0 Å². The van der Waals surface area contributed by atoms with Crippen LogP contribution >= 0.6 is 0 Å². The summed E-state index contributed by atoms with van der Waals surface area (Å²) in [6.07, 6.45) is 0. The van der Waals surface area contributed by atoms with Crippen molar-refractivity contribution in [1.29, 1.82) is 0 Å². The molecule has 0 N–H and O–H groups in total. The lowest BCUT2D eigenvalue weighted by atomic mass is 10.5. The van der Waals surface area contributed by atoms with Gasteiger partial charge in [0.1, 0.15) is 0 Å². The van der Waals surface area contributed by atoms with Crippen LogP contribution in [0.4, 0.5) is 0 Å². The molecule has 0 aliphatic heterocycles. The largest absolute Gasteiger partial charge is 0.0925 e. The molecule has 0 amide bonds. The van der Waals surface area contributed by atoms with Crippen molar-refractivity contribution in [1.82, 2.24) is 0 Å². The maximum atomic E-state index is 2.63. The van der Waals surface area contributed by atoms with Crippen LogP contribution in [0, 0.1) is 71.0 Å². The predicted molar refractivity (Wildman–Crippen MR) is 58.0 cm³/mol. The minimum Gasteiger partial charge on any atom is -0.0925 e. The Kier molecular flexibility index (Phi) is 8.41. The van der Waals surface area contributed by atoms with E-state index in [2.05, 4.69) is 71.0 Å². The summed E-state index contributed by atoms with van der Waals surface area (Å²) in [4.78, 5) is 0. The lowest BCUT2D eigenvalue weighted by Gasteiger charge is -1.55. The third-order valence-electron chi connectivity index (χ3n) is 0.812. The highest BCUT2D eigenvalue weighted by Crippen LogP contribution is 1.56. The van der Waals surface area contributed by atoms with Crippen LogP contribution in [0.1, 0.15) is 13.8 Å². The number of rotatable bonds is 0. The molecule has 0 heterocycles. The Bertz CT molecular complexity index is 482. The molecule has 0 aromatic rings. The first kappa shape index (κ1) is 11.4. The zero-order chi connectivity index (χ0) is 10.5. The molecule has 0 spiro atoms. The number of hydrogen-bond donors (Lipinski definition) is 0. The van der Waals surface area contributed by atoms with E-state index in [4.69, 9.17) is 0 Å². The van der Waals surface area contributed by atoms with E-state index in [0.29, 0.717) is 0 Å². The fourth-order valence-corrected chi connectivity index (χ4v) is 0.375. The van der Waals surface area contributed by atoms with Gasteiger partial charge in [-0.2, -0.15) is 0 Å². The molecule has 0 nitrogen and oxygen atoms in total. The second kappa shape index (κ2) is 10.4. The molecule has 0 radical (unpaired) electrons. The van der Waals surface area contributed by atoms with Crippen molar-refractivity contribution >= 4 is 0 Å². The molecule has 0 bridgehead atoms. The molecule has 0 aliphatic carbocycles. The van der Waals surface area contributed by atoms with Gasteiger partial charge in [0.15, 0.2) is 0 Å². The van der Waals surface area contributed by atoms with E-state index in [9.17, 15) is 0 Å². The lowest BCUT2D eigenvalue weighted by Crippen LogP contribution is -1.54. The maximum Gasteiger partial charge on any atom is -0.00000000396 e. The third-order valence-corrected chi connectivity index (χ3v) is 0.812. The Morgan fingerprint density at radius 1 is 0.357 bits per heavy atom. The molecule has 0 saturated heterocycles. The second-order valence-corrected chi connectivity index (χ2v) is 1.75. The molecule has 0 heteroatoms. The Hall–Kier alpha value is -2.64. The van der Waals surface area contributed by atoms with Gasteiger partial charge in [-0.15, -0.1) is 0 Å². The predicted octanol–water partition coefficient (Wildman–Crippen LogP) is 1.05. The van der Waals surface area contributed by atoms with E-state index < -0.39 is 0 Å². The molecule has 0 aromatic carbocycles. The molecule has 0 unspecified atom stereocenters. The van der Waals surface area contributed by atoms with E-state index >= 15 is 0 Å². The Balaban J connectivity index is 4.16. The highest BCUT2D eigenvalue weighted by atomic mass is 13.6. The molecular formula is C14H6. The van der Waals surface area contributed by atoms with E-state index in [-0.39, 0.29) is 0 Å². The van der Waals surface area contributed by atoms with E-state index in [1.54, 1.807) is 13.8 Å². The molecule has 0 fully saturated rings. The fraction of sp³-hybridized carbons (Fsp3) is 0.143. The average Bonchev–Trinajstić information content (AvgIpc) is 2.21. The highest BCUT2D eigenvalue weighted by Gasteiger charge is 1.55. The summed E-state index contributed by atoms with van der Waals surface area (Å²) in [5.41, 5.74) is 0. The van der Waals surface area contributed by atoms with Crippen LogP contribution in [0.2, 0.25) is 0 Å². The van der Waals surface area contributed by atoms with E-state index in [0.717, 1.165) is 0 Å². The Morgan fingerprint density at radius 2 is 0.571 bits per heavy atom. The van der Waals surface area contributed by atoms with Gasteiger partial charge in [0, 0.05) is 0 Å². The molecule has 0 aliphatic rings. The Morgan fingerprint density at radius 3 is 0.786 bits per heavy atom.